The van der Waals surface area contributed by atoms with Crippen LogP contribution in [0.5, 0.6) is 0 Å². The molecule has 56 valence electrons. The summed E-state index contributed by atoms with van der Waals surface area (Å²) < 4.78 is 24.0. The third-order valence-electron chi connectivity index (χ3n) is 1.79. The summed E-state index contributed by atoms with van der Waals surface area (Å²) in [5.41, 5.74) is 0. The van der Waals surface area contributed by atoms with Crippen LogP contribution in [0.25, 0.3) is 0 Å². The molecular formula is C7H10FOP. The van der Waals surface area contributed by atoms with Gasteiger partial charge in [-0.2, -0.15) is 0 Å². The molecule has 0 aromatic rings. The highest BCUT2D eigenvalue weighted by Crippen LogP contribution is 2.51. The Bertz CT molecular complexity index is 218. The van der Waals surface area contributed by atoms with Gasteiger partial charge in [0.15, 0.2) is 0 Å². The van der Waals surface area contributed by atoms with Crippen LogP contribution in [-0.4, -0.2) is 25.2 Å². The van der Waals surface area contributed by atoms with Gasteiger partial charge in [0.25, 0.3) is 0 Å². The number of alkyl halides is 1. The number of hydrogen-bond donors (Lipinski definition) is 0. The molecule has 0 amide bonds. The van der Waals surface area contributed by atoms with Crippen LogP contribution in [0.1, 0.15) is 0 Å². The van der Waals surface area contributed by atoms with E-state index in [0.29, 0.717) is 6.16 Å². The Morgan fingerprint density at radius 1 is 1.70 bits per heavy atom. The molecule has 1 aliphatic rings. The van der Waals surface area contributed by atoms with Crippen LogP contribution in [0.2, 0.25) is 0 Å². The van der Waals surface area contributed by atoms with Crippen LogP contribution in [-0.2, 0) is 4.57 Å². The standard InChI is InChI=1S/C7H10FOP/c1-3-6-4-10(2,9)5-7(6)8/h1,6-7H,4-5H2,2H3. The Morgan fingerprint density at radius 3 is 2.50 bits per heavy atom. The predicted octanol–water partition coefficient (Wildman–Crippen LogP) is 1.58. The molecule has 0 radical (unpaired) electrons. The lowest BCUT2D eigenvalue weighted by atomic mass is 10.1. The number of hydrogen-bond acceptors (Lipinski definition) is 1. The van der Waals surface area contributed by atoms with Crippen molar-refractivity contribution in [2.75, 3.05) is 19.0 Å². The summed E-state index contributed by atoms with van der Waals surface area (Å²) in [5, 5.41) is 0. The van der Waals surface area contributed by atoms with Crippen molar-refractivity contribution in [1.29, 1.82) is 0 Å². The molecule has 1 aliphatic heterocycles. The summed E-state index contributed by atoms with van der Waals surface area (Å²) in [6.45, 7) is 1.62. The Balaban J connectivity index is 2.73. The van der Waals surface area contributed by atoms with Crippen molar-refractivity contribution in [2.45, 2.75) is 6.17 Å². The van der Waals surface area contributed by atoms with Crippen LogP contribution in [0.15, 0.2) is 0 Å². The average molecular weight is 160 g/mol. The highest BCUT2D eigenvalue weighted by molar-refractivity contribution is 7.63. The van der Waals surface area contributed by atoms with Crippen molar-refractivity contribution in [2.24, 2.45) is 5.92 Å². The molecule has 3 atom stereocenters. The molecule has 0 bridgehead atoms. The van der Waals surface area contributed by atoms with Gasteiger partial charge in [0.05, 0.1) is 13.1 Å². The van der Waals surface area contributed by atoms with Crippen LogP contribution in [0.3, 0.4) is 0 Å². The summed E-state index contributed by atoms with van der Waals surface area (Å²) in [6.07, 6.45) is 4.58. The minimum atomic E-state index is -2.19. The monoisotopic (exact) mass is 160 g/mol. The Labute approximate surface area is 60.4 Å². The van der Waals surface area contributed by atoms with E-state index in [4.69, 9.17) is 6.42 Å². The van der Waals surface area contributed by atoms with E-state index >= 15 is 0 Å². The molecule has 10 heavy (non-hydrogen) atoms. The molecule has 0 aromatic heterocycles. The summed E-state index contributed by atoms with van der Waals surface area (Å²) in [7, 11) is -2.19. The fourth-order valence-electron chi connectivity index (χ4n) is 1.26. The smallest absolute Gasteiger partial charge is 0.121 e. The first kappa shape index (κ1) is 7.82. The summed E-state index contributed by atoms with van der Waals surface area (Å²) >= 11 is 0. The fraction of sp³-hybridized carbons (Fsp3) is 0.714. The minimum Gasteiger partial charge on any atom is -0.324 e. The van der Waals surface area contributed by atoms with Gasteiger partial charge < -0.3 is 4.57 Å². The van der Waals surface area contributed by atoms with Gasteiger partial charge in [-0.3, -0.25) is 0 Å². The molecule has 0 spiro atoms. The number of halogens is 1. The van der Waals surface area contributed by atoms with Gasteiger partial charge in [-0.05, 0) is 6.66 Å². The molecule has 1 rings (SSSR count). The summed E-state index contributed by atoms with van der Waals surface area (Å²) in [6, 6.07) is 0. The van der Waals surface area contributed by atoms with Crippen molar-refractivity contribution >= 4 is 7.14 Å². The van der Waals surface area contributed by atoms with Gasteiger partial charge in [0.2, 0.25) is 0 Å². The molecule has 0 saturated carbocycles. The first-order valence-corrected chi connectivity index (χ1v) is 5.73. The molecule has 1 nitrogen and oxygen atoms in total. The Kier molecular flexibility index (Phi) is 1.88. The molecule has 3 unspecified atom stereocenters. The largest absolute Gasteiger partial charge is 0.324 e. The highest BCUT2D eigenvalue weighted by atomic mass is 31.2. The normalized spacial score (nSPS) is 46.9. The van der Waals surface area contributed by atoms with Crippen LogP contribution >= 0.6 is 7.14 Å². The number of rotatable bonds is 0. The second-order valence-corrected chi connectivity index (χ2v) is 6.28. The molecule has 1 saturated heterocycles. The lowest BCUT2D eigenvalue weighted by molar-refractivity contribution is 0.327. The predicted molar refractivity (Wildman–Crippen MR) is 40.5 cm³/mol. The SMILES string of the molecule is C#CC1CP(C)(=O)CC1F. The molecule has 3 heteroatoms. The topological polar surface area (TPSA) is 17.1 Å². The van der Waals surface area contributed by atoms with Crippen molar-refractivity contribution in [3.8, 4) is 12.3 Å². The zero-order chi connectivity index (χ0) is 7.78. The molecule has 0 aliphatic carbocycles. The van der Waals surface area contributed by atoms with Crippen molar-refractivity contribution < 1.29 is 8.96 Å². The molecule has 1 heterocycles. The van der Waals surface area contributed by atoms with E-state index in [1.807, 2.05) is 0 Å². The van der Waals surface area contributed by atoms with E-state index in [0.717, 1.165) is 0 Å². The second kappa shape index (κ2) is 2.40. The molecule has 0 aromatic carbocycles. The van der Waals surface area contributed by atoms with E-state index in [-0.39, 0.29) is 6.16 Å². The maximum atomic E-state index is 12.8. The third-order valence-corrected chi connectivity index (χ3v) is 4.08. The van der Waals surface area contributed by atoms with Crippen LogP contribution in [0.4, 0.5) is 4.39 Å². The Morgan fingerprint density at radius 2 is 2.30 bits per heavy atom. The number of terminal acetylenes is 1. The van der Waals surface area contributed by atoms with Gasteiger partial charge in [-0.15, -0.1) is 6.42 Å². The van der Waals surface area contributed by atoms with Crippen molar-refractivity contribution in [3.05, 3.63) is 0 Å². The van der Waals surface area contributed by atoms with E-state index in [9.17, 15) is 8.96 Å². The van der Waals surface area contributed by atoms with E-state index in [1.165, 1.54) is 0 Å². The van der Waals surface area contributed by atoms with Gasteiger partial charge >= 0.3 is 0 Å². The maximum Gasteiger partial charge on any atom is 0.121 e. The van der Waals surface area contributed by atoms with E-state index in [1.54, 1.807) is 6.66 Å². The van der Waals surface area contributed by atoms with Gasteiger partial charge in [0.1, 0.15) is 6.17 Å². The molecular weight excluding hydrogens is 150 g/mol. The van der Waals surface area contributed by atoms with Crippen LogP contribution < -0.4 is 0 Å². The molecule has 1 fully saturated rings. The minimum absolute atomic E-state index is 0.182. The first-order valence-electron chi connectivity index (χ1n) is 3.21. The maximum absolute atomic E-state index is 12.8. The van der Waals surface area contributed by atoms with Gasteiger partial charge in [-0.25, -0.2) is 4.39 Å². The van der Waals surface area contributed by atoms with E-state index < -0.39 is 19.2 Å². The zero-order valence-corrected chi connectivity index (χ0v) is 6.77. The fourth-order valence-corrected chi connectivity index (χ4v) is 3.57. The third kappa shape index (κ3) is 1.41. The van der Waals surface area contributed by atoms with Gasteiger partial charge in [0, 0.05) is 12.3 Å². The first-order chi connectivity index (χ1) is 4.55. The quantitative estimate of drug-likeness (QED) is 0.388. The van der Waals surface area contributed by atoms with Crippen molar-refractivity contribution in [3.63, 3.8) is 0 Å². The summed E-state index contributed by atoms with van der Waals surface area (Å²) in [4.78, 5) is 0. The molecule has 0 N–H and O–H groups in total. The van der Waals surface area contributed by atoms with Crippen LogP contribution in [0, 0.1) is 18.3 Å². The summed E-state index contributed by atoms with van der Waals surface area (Å²) in [5.74, 6) is 1.93. The lowest BCUT2D eigenvalue weighted by Crippen LogP contribution is -2.09. The Hall–Kier alpha value is -0.280. The second-order valence-electron chi connectivity index (χ2n) is 2.95. The zero-order valence-electron chi connectivity index (χ0n) is 5.88. The average Bonchev–Trinajstić information content (AvgIpc) is 2.05. The van der Waals surface area contributed by atoms with Crippen molar-refractivity contribution in [1.82, 2.24) is 0 Å². The lowest BCUT2D eigenvalue weighted by Gasteiger charge is -1.99. The van der Waals surface area contributed by atoms with Gasteiger partial charge in [-0.1, -0.05) is 5.92 Å². The highest BCUT2D eigenvalue weighted by Gasteiger charge is 2.37. The van der Waals surface area contributed by atoms with E-state index in [2.05, 4.69) is 5.92 Å².